The first-order valence-corrected chi connectivity index (χ1v) is 20.2. The summed E-state index contributed by atoms with van der Waals surface area (Å²) in [6.07, 6.45) is 0. The maximum absolute atomic E-state index is 10.9. The van der Waals surface area contributed by atoms with Gasteiger partial charge in [0.2, 0.25) is 0 Å². The van der Waals surface area contributed by atoms with Crippen molar-refractivity contribution in [3.8, 4) is 12.1 Å². The van der Waals surface area contributed by atoms with Crippen LogP contribution in [0.4, 0.5) is 34.1 Å². The molecule has 0 aromatic heterocycles. The van der Waals surface area contributed by atoms with Gasteiger partial charge in [-0.25, -0.2) is 0 Å². The van der Waals surface area contributed by atoms with E-state index in [4.69, 9.17) is 0 Å². The fraction of sp³-hybridized carbons (Fsp3) is 0. The van der Waals surface area contributed by atoms with Gasteiger partial charge in [-0.05, 0) is 67.5 Å². The quantitative estimate of drug-likeness (QED) is 0.233. The summed E-state index contributed by atoms with van der Waals surface area (Å²) in [6, 6.07) is 64.9. The van der Waals surface area contributed by atoms with E-state index in [2.05, 4.69) is 180 Å². The molecular weight excluding hydrogens is 641 g/mol. The average Bonchev–Trinajstić information content (AvgIpc) is 3.19. The number of benzene rings is 7. The van der Waals surface area contributed by atoms with Crippen LogP contribution in [-0.2, 0) is 0 Å². The highest BCUT2D eigenvalue weighted by Gasteiger charge is 2.49. The SMILES string of the molecule is N#Cc1cc(N2c3ccccc3[SiH2]c3ccccc32)cc(C#N)c1N1c2ccccc2[Si](c2ccccc2)(c2ccccc2)c2ccccc21. The minimum atomic E-state index is -2.83. The zero-order valence-electron chi connectivity index (χ0n) is 27.2. The number of hydrogen-bond acceptors (Lipinski definition) is 4. The predicted molar refractivity (Wildman–Crippen MR) is 210 cm³/mol. The lowest BCUT2D eigenvalue weighted by atomic mass is 10.0. The molecule has 9 rings (SSSR count). The third kappa shape index (κ3) is 4.34. The number of nitriles is 2. The zero-order chi connectivity index (χ0) is 33.7. The molecular formula is C44H30N4Si2. The van der Waals surface area contributed by atoms with Gasteiger partial charge in [0.05, 0.1) is 26.3 Å². The molecule has 0 fully saturated rings. The van der Waals surface area contributed by atoms with Crippen molar-refractivity contribution in [1.29, 1.82) is 10.5 Å². The van der Waals surface area contributed by atoms with Crippen LogP contribution < -0.4 is 40.9 Å². The van der Waals surface area contributed by atoms with Gasteiger partial charge < -0.3 is 9.80 Å². The van der Waals surface area contributed by atoms with Gasteiger partial charge in [-0.1, -0.05) is 133 Å². The van der Waals surface area contributed by atoms with Crippen LogP contribution in [0.1, 0.15) is 11.1 Å². The smallest absolute Gasteiger partial charge is 0.184 e. The molecule has 0 radical (unpaired) electrons. The lowest BCUT2D eigenvalue weighted by Crippen LogP contribution is -2.77. The molecule has 0 unspecified atom stereocenters. The Morgan fingerprint density at radius 3 is 1.30 bits per heavy atom. The molecule has 0 bridgehead atoms. The first-order chi connectivity index (χ1) is 24.7. The summed E-state index contributed by atoms with van der Waals surface area (Å²) in [5, 5.41) is 29.6. The van der Waals surface area contributed by atoms with Crippen LogP contribution in [0.2, 0.25) is 0 Å². The fourth-order valence-electron chi connectivity index (χ4n) is 8.18. The molecule has 2 aliphatic heterocycles. The van der Waals surface area contributed by atoms with E-state index < -0.39 is 17.6 Å². The van der Waals surface area contributed by atoms with Crippen molar-refractivity contribution in [2.45, 2.75) is 0 Å². The average molecular weight is 671 g/mol. The van der Waals surface area contributed by atoms with Crippen LogP contribution in [0.3, 0.4) is 0 Å². The Balaban J connectivity index is 1.32. The van der Waals surface area contributed by atoms with E-state index in [9.17, 15) is 10.5 Å². The van der Waals surface area contributed by atoms with Crippen molar-refractivity contribution in [3.63, 3.8) is 0 Å². The van der Waals surface area contributed by atoms with Crippen LogP contribution >= 0.6 is 0 Å². The maximum atomic E-state index is 10.9. The highest BCUT2D eigenvalue weighted by Crippen LogP contribution is 2.44. The lowest BCUT2D eigenvalue weighted by Gasteiger charge is -2.45. The molecule has 0 saturated heterocycles. The monoisotopic (exact) mass is 670 g/mol. The lowest BCUT2D eigenvalue weighted by molar-refractivity contribution is 1.24. The fourth-order valence-corrected chi connectivity index (χ4v) is 15.1. The number of para-hydroxylation sites is 4. The largest absolute Gasteiger partial charge is 0.311 e. The van der Waals surface area contributed by atoms with Gasteiger partial charge in [0.15, 0.2) is 8.07 Å². The second-order valence-corrected chi connectivity index (χ2v) is 18.3. The highest BCUT2D eigenvalue weighted by molar-refractivity contribution is 7.21. The van der Waals surface area contributed by atoms with E-state index >= 15 is 0 Å². The van der Waals surface area contributed by atoms with Crippen LogP contribution in [0, 0.1) is 22.7 Å². The molecule has 2 heterocycles. The number of fused-ring (bicyclic) bond motifs is 4. The molecule has 7 aromatic rings. The van der Waals surface area contributed by atoms with E-state index in [0.29, 0.717) is 16.8 Å². The van der Waals surface area contributed by atoms with Crippen molar-refractivity contribution in [1.82, 2.24) is 0 Å². The van der Waals surface area contributed by atoms with E-state index in [-0.39, 0.29) is 0 Å². The molecule has 0 aliphatic carbocycles. The Morgan fingerprint density at radius 2 is 0.840 bits per heavy atom. The predicted octanol–water partition coefficient (Wildman–Crippen LogP) is 5.49. The molecule has 0 N–H and O–H groups in total. The van der Waals surface area contributed by atoms with Crippen LogP contribution in [0.5, 0.6) is 0 Å². The van der Waals surface area contributed by atoms with E-state index in [1.807, 2.05) is 12.1 Å². The molecule has 234 valence electrons. The Labute approximate surface area is 295 Å². The van der Waals surface area contributed by atoms with Gasteiger partial charge in [0.1, 0.15) is 12.1 Å². The highest BCUT2D eigenvalue weighted by atomic mass is 28.3. The molecule has 0 saturated carbocycles. The Hall–Kier alpha value is -6.45. The van der Waals surface area contributed by atoms with Gasteiger partial charge in [-0.2, -0.15) is 10.5 Å². The van der Waals surface area contributed by atoms with Crippen LogP contribution in [-0.4, -0.2) is 17.6 Å². The first-order valence-electron chi connectivity index (χ1n) is 16.8. The second kappa shape index (κ2) is 11.9. The molecule has 6 heteroatoms. The Bertz CT molecular complexity index is 2350. The summed E-state index contributed by atoms with van der Waals surface area (Å²) in [6.45, 7) is 0. The van der Waals surface area contributed by atoms with Crippen molar-refractivity contribution < 1.29 is 0 Å². The van der Waals surface area contributed by atoms with Gasteiger partial charge >= 0.3 is 0 Å². The first kappa shape index (κ1) is 29.7. The summed E-state index contributed by atoms with van der Waals surface area (Å²) in [4.78, 5) is 4.40. The third-order valence-corrected chi connectivity index (χ3v) is 17.0. The summed E-state index contributed by atoms with van der Waals surface area (Å²) in [5.74, 6) is 0. The maximum Gasteiger partial charge on any atom is 0.184 e. The normalized spacial score (nSPS) is 13.6. The number of nitrogens with zero attached hydrogens (tertiary/aromatic N) is 4. The van der Waals surface area contributed by atoms with Crippen molar-refractivity contribution in [2.24, 2.45) is 0 Å². The minimum absolute atomic E-state index is 0.454. The molecule has 50 heavy (non-hydrogen) atoms. The summed E-state index contributed by atoms with van der Waals surface area (Å²) >= 11 is 0. The Morgan fingerprint density at radius 1 is 0.440 bits per heavy atom. The standard InChI is InChI=1S/C44H30N4Si2/c45-29-31-27-33(47-36-19-7-11-23-40(36)49-41-24-12-8-20-37(41)47)28-32(30-46)44(31)48-38-21-9-13-25-42(38)50(34-15-3-1-4-16-34,35-17-5-2-6-18-35)43-26-14-10-22-39(43)48/h1-28H,49H2. The van der Waals surface area contributed by atoms with Gasteiger partial charge in [0.25, 0.3) is 0 Å². The number of rotatable bonds is 4. The Kier molecular flexibility index (Phi) is 7.07. The van der Waals surface area contributed by atoms with Crippen LogP contribution in [0.25, 0.3) is 0 Å². The minimum Gasteiger partial charge on any atom is -0.311 e. The molecule has 2 aliphatic rings. The molecule has 4 nitrogen and oxygen atoms in total. The van der Waals surface area contributed by atoms with E-state index in [1.165, 1.54) is 31.1 Å². The molecule has 0 atom stereocenters. The van der Waals surface area contributed by atoms with Crippen molar-refractivity contribution in [3.05, 3.63) is 181 Å². The zero-order valence-corrected chi connectivity index (χ0v) is 29.6. The van der Waals surface area contributed by atoms with Crippen molar-refractivity contribution in [2.75, 3.05) is 9.80 Å². The number of anilines is 6. The molecule has 7 aromatic carbocycles. The van der Waals surface area contributed by atoms with Crippen molar-refractivity contribution >= 4 is 82.8 Å². The van der Waals surface area contributed by atoms with Crippen LogP contribution in [0.15, 0.2) is 170 Å². The second-order valence-electron chi connectivity index (χ2n) is 12.7. The van der Waals surface area contributed by atoms with Gasteiger partial charge in [-0.15, -0.1) is 0 Å². The summed E-state index contributed by atoms with van der Waals surface area (Å²) in [5.41, 5.74) is 6.55. The topological polar surface area (TPSA) is 54.1 Å². The summed E-state index contributed by atoms with van der Waals surface area (Å²) in [7, 11) is -3.52. The van der Waals surface area contributed by atoms with Gasteiger partial charge in [0, 0.05) is 28.4 Å². The number of hydrogen-bond donors (Lipinski definition) is 0. The third-order valence-electron chi connectivity index (χ3n) is 10.2. The van der Waals surface area contributed by atoms with Gasteiger partial charge in [-0.3, -0.25) is 0 Å². The van der Waals surface area contributed by atoms with E-state index in [0.717, 1.165) is 28.4 Å². The molecule has 0 amide bonds. The van der Waals surface area contributed by atoms with E-state index in [1.54, 1.807) is 0 Å². The summed E-state index contributed by atoms with van der Waals surface area (Å²) < 4.78 is 0. The molecule has 0 spiro atoms.